The summed E-state index contributed by atoms with van der Waals surface area (Å²) in [5.41, 5.74) is 4.86. The maximum Gasteiger partial charge on any atom is 0.329 e. The average Bonchev–Trinajstić information content (AvgIpc) is 1.63. The van der Waals surface area contributed by atoms with E-state index in [2.05, 4.69) is 12.6 Å². The number of thiol groups is 1. The summed E-state index contributed by atoms with van der Waals surface area (Å²) in [5, 5.41) is 14.7. The van der Waals surface area contributed by atoms with Gasteiger partial charge in [-0.25, -0.2) is 4.79 Å². The van der Waals surface area contributed by atoms with E-state index < -0.39 is 5.97 Å². The Bertz CT molecular complexity index is 175. The van der Waals surface area contributed by atoms with Crippen molar-refractivity contribution in [3.63, 3.8) is 0 Å². The van der Waals surface area contributed by atoms with Gasteiger partial charge in [-0.1, -0.05) is 0 Å². The number of carbonyl (C=O) groups is 1. The molecule has 0 aliphatic carbocycles. The van der Waals surface area contributed by atoms with E-state index in [0.29, 0.717) is 0 Å². The van der Waals surface area contributed by atoms with Crippen molar-refractivity contribution in [2.75, 3.05) is 0 Å². The fourth-order valence-electron chi connectivity index (χ4n) is 0.195. The molecule has 0 aromatic rings. The molecule has 0 atom stereocenters. The number of hydrogen-bond donors (Lipinski definition) is 4. The highest BCUT2D eigenvalue weighted by Crippen LogP contribution is 1.96. The highest BCUT2D eigenvalue weighted by molar-refractivity contribution is 7.85. The van der Waals surface area contributed by atoms with Crippen LogP contribution >= 0.6 is 12.6 Å². The lowest BCUT2D eigenvalue weighted by Gasteiger charge is -1.90. The van der Waals surface area contributed by atoms with E-state index in [1.807, 2.05) is 0 Å². The zero-order chi connectivity index (χ0) is 7.44. The van der Waals surface area contributed by atoms with Gasteiger partial charge in [0.05, 0.1) is 4.91 Å². The van der Waals surface area contributed by atoms with Crippen molar-refractivity contribution < 1.29 is 9.90 Å². The minimum absolute atomic E-state index is 0.0394. The van der Waals surface area contributed by atoms with Gasteiger partial charge in [-0.3, -0.25) is 5.41 Å². The van der Waals surface area contributed by atoms with E-state index in [1.165, 1.54) is 0 Å². The topological polar surface area (TPSA) is 87.2 Å². The highest BCUT2D eigenvalue weighted by Gasteiger charge is 1.95. The summed E-state index contributed by atoms with van der Waals surface area (Å²) in [4.78, 5) is 9.80. The third-order valence-electron chi connectivity index (χ3n) is 0.536. The van der Waals surface area contributed by atoms with Gasteiger partial charge in [0.15, 0.2) is 0 Å². The van der Waals surface area contributed by atoms with Gasteiger partial charge in [0.1, 0.15) is 5.84 Å². The third kappa shape index (κ3) is 3.60. The van der Waals surface area contributed by atoms with E-state index in [0.717, 1.165) is 6.08 Å². The lowest BCUT2D eigenvalue weighted by molar-refractivity contribution is -0.131. The largest absolute Gasteiger partial charge is 0.478 e. The molecular weight excluding hydrogens is 140 g/mol. The van der Waals surface area contributed by atoms with Crippen molar-refractivity contribution in [1.29, 1.82) is 5.41 Å². The molecule has 4 nitrogen and oxygen atoms in total. The Morgan fingerprint density at radius 3 is 2.33 bits per heavy atom. The monoisotopic (exact) mass is 146 g/mol. The molecule has 0 radical (unpaired) electrons. The van der Waals surface area contributed by atoms with Crippen LogP contribution in [0.1, 0.15) is 0 Å². The second kappa shape index (κ2) is 3.13. The lowest BCUT2D eigenvalue weighted by atomic mass is 10.5. The van der Waals surface area contributed by atoms with Gasteiger partial charge in [0.25, 0.3) is 0 Å². The molecular formula is C4H6N2O2S. The molecule has 0 aliphatic heterocycles. The van der Waals surface area contributed by atoms with Crippen LogP contribution in [0, 0.1) is 5.41 Å². The van der Waals surface area contributed by atoms with Crippen LogP contribution in [-0.4, -0.2) is 16.9 Å². The zero-order valence-corrected chi connectivity index (χ0v) is 5.35. The molecule has 0 spiro atoms. The summed E-state index contributed by atoms with van der Waals surface area (Å²) < 4.78 is 0. The predicted octanol–water partition coefficient (Wildman–Crippen LogP) is -0.179. The summed E-state index contributed by atoms with van der Waals surface area (Å²) in [5.74, 6) is -1.50. The first kappa shape index (κ1) is 8.03. The van der Waals surface area contributed by atoms with Gasteiger partial charge in [0.2, 0.25) is 0 Å². The number of carboxylic acid groups (broad SMARTS) is 1. The van der Waals surface area contributed by atoms with E-state index in [-0.39, 0.29) is 10.7 Å². The third-order valence-corrected chi connectivity index (χ3v) is 0.906. The van der Waals surface area contributed by atoms with Gasteiger partial charge in [-0.05, 0) is 0 Å². The molecule has 4 N–H and O–H groups in total. The molecule has 5 heteroatoms. The van der Waals surface area contributed by atoms with Gasteiger partial charge in [0, 0.05) is 6.08 Å². The van der Waals surface area contributed by atoms with Crippen LogP contribution < -0.4 is 5.73 Å². The van der Waals surface area contributed by atoms with Crippen LogP contribution in [0.3, 0.4) is 0 Å². The standard InChI is InChI=1S/C4H6N2O2S/c5-4(6)2(9)1-3(7)8/h1,9H,(H3,5,6)(H,7,8)/b2-1-. The van der Waals surface area contributed by atoms with Crippen LogP contribution in [0.5, 0.6) is 0 Å². The van der Waals surface area contributed by atoms with Crippen LogP contribution in [0.2, 0.25) is 0 Å². The second-order valence-corrected chi connectivity index (χ2v) is 1.76. The highest BCUT2D eigenvalue weighted by atomic mass is 32.1. The normalized spacial score (nSPS) is 11.0. The molecule has 0 aliphatic rings. The number of aliphatic carboxylic acids is 1. The van der Waals surface area contributed by atoms with Gasteiger partial charge in [-0.15, -0.1) is 12.6 Å². The molecule has 0 aromatic carbocycles. The van der Waals surface area contributed by atoms with Crippen molar-refractivity contribution in [1.82, 2.24) is 0 Å². The molecule has 0 heterocycles. The number of amidine groups is 1. The Morgan fingerprint density at radius 1 is 1.78 bits per heavy atom. The lowest BCUT2D eigenvalue weighted by Crippen LogP contribution is -2.10. The summed E-state index contributed by atoms with van der Waals surface area (Å²) in [6.45, 7) is 0. The molecule has 0 unspecified atom stereocenters. The molecule has 50 valence electrons. The van der Waals surface area contributed by atoms with Crippen LogP contribution in [-0.2, 0) is 4.79 Å². The molecule has 9 heavy (non-hydrogen) atoms. The van der Waals surface area contributed by atoms with E-state index in [4.69, 9.17) is 16.2 Å². The second-order valence-electron chi connectivity index (χ2n) is 1.28. The quantitative estimate of drug-likeness (QED) is 0.189. The number of rotatable bonds is 2. The van der Waals surface area contributed by atoms with Gasteiger partial charge in [-0.2, -0.15) is 0 Å². The fourth-order valence-corrected chi connectivity index (χ4v) is 0.305. The first-order valence-corrected chi connectivity index (χ1v) is 2.46. The van der Waals surface area contributed by atoms with Gasteiger partial charge >= 0.3 is 5.97 Å². The SMILES string of the molecule is N=C(N)/C(S)=C/C(=O)O. The van der Waals surface area contributed by atoms with Crippen molar-refractivity contribution in [2.45, 2.75) is 0 Å². The minimum atomic E-state index is -1.16. The van der Waals surface area contributed by atoms with Crippen molar-refractivity contribution >= 4 is 24.4 Å². The zero-order valence-electron chi connectivity index (χ0n) is 4.46. The van der Waals surface area contributed by atoms with Crippen LogP contribution in [0.15, 0.2) is 11.0 Å². The summed E-state index contributed by atoms with van der Waals surface area (Å²) in [6.07, 6.45) is 0.755. The summed E-state index contributed by atoms with van der Waals surface area (Å²) in [7, 11) is 0. The smallest absolute Gasteiger partial charge is 0.329 e. The number of hydrogen-bond acceptors (Lipinski definition) is 3. The summed E-state index contributed by atoms with van der Waals surface area (Å²) in [6, 6.07) is 0. The fraction of sp³-hybridized carbons (Fsp3) is 0. The molecule has 0 saturated carbocycles. The van der Waals surface area contributed by atoms with E-state index in [1.54, 1.807) is 0 Å². The molecule has 0 fully saturated rings. The van der Waals surface area contributed by atoms with Crippen LogP contribution in [0.25, 0.3) is 0 Å². The number of carboxylic acids is 1. The Hall–Kier alpha value is -0.970. The molecule has 0 saturated heterocycles. The maximum absolute atomic E-state index is 9.84. The Balaban J connectivity index is 4.17. The summed E-state index contributed by atoms with van der Waals surface area (Å²) >= 11 is 3.60. The van der Waals surface area contributed by atoms with Gasteiger partial charge < -0.3 is 10.8 Å². The minimum Gasteiger partial charge on any atom is -0.478 e. The van der Waals surface area contributed by atoms with Crippen molar-refractivity contribution in [2.24, 2.45) is 5.73 Å². The van der Waals surface area contributed by atoms with Crippen molar-refractivity contribution in [3.05, 3.63) is 11.0 Å². The Morgan fingerprint density at radius 2 is 2.22 bits per heavy atom. The maximum atomic E-state index is 9.84. The molecule has 0 rings (SSSR count). The number of nitrogens with one attached hydrogen (secondary N) is 1. The molecule has 0 amide bonds. The van der Waals surface area contributed by atoms with Crippen LogP contribution in [0.4, 0.5) is 0 Å². The first-order valence-electron chi connectivity index (χ1n) is 2.02. The molecule has 0 bridgehead atoms. The predicted molar refractivity (Wildman–Crippen MR) is 36.6 cm³/mol. The van der Waals surface area contributed by atoms with Crippen molar-refractivity contribution in [3.8, 4) is 0 Å². The Labute approximate surface area is 57.3 Å². The first-order chi connectivity index (χ1) is 4.04. The van der Waals surface area contributed by atoms with E-state index in [9.17, 15) is 4.79 Å². The number of nitrogens with two attached hydrogens (primary N) is 1. The van der Waals surface area contributed by atoms with E-state index >= 15 is 0 Å². The molecule has 0 aromatic heterocycles. The Kier molecular flexibility index (Phi) is 2.80. The average molecular weight is 146 g/mol.